The molecule has 0 saturated carbocycles. The highest BCUT2D eigenvalue weighted by Crippen LogP contribution is 2.29. The van der Waals surface area contributed by atoms with Crippen molar-refractivity contribution in [3.05, 3.63) is 36.2 Å². The third kappa shape index (κ3) is 5.30. The number of nitrogens with zero attached hydrogens (tertiary/aromatic N) is 3. The number of benzene rings is 1. The number of aromatic nitrogens is 2. The van der Waals surface area contributed by atoms with Crippen molar-refractivity contribution in [2.75, 3.05) is 64.2 Å². The van der Waals surface area contributed by atoms with Gasteiger partial charge in [-0.3, -0.25) is 9.69 Å². The predicted molar refractivity (Wildman–Crippen MR) is 105 cm³/mol. The first-order valence-electron chi connectivity index (χ1n) is 9.10. The Kier molecular flexibility index (Phi) is 6.99. The zero-order valence-electron chi connectivity index (χ0n) is 16.1. The fourth-order valence-electron chi connectivity index (χ4n) is 2.82. The number of hydrogen-bond acceptors (Lipinski definition) is 8. The second kappa shape index (κ2) is 9.86. The molecule has 0 unspecified atom stereocenters. The molecule has 2 heterocycles. The zero-order chi connectivity index (χ0) is 19.8. The van der Waals surface area contributed by atoms with E-state index in [1.807, 2.05) is 0 Å². The maximum atomic E-state index is 12.6. The number of amides is 1. The number of morpholine rings is 1. The van der Waals surface area contributed by atoms with E-state index in [4.69, 9.17) is 14.2 Å². The fourth-order valence-corrected chi connectivity index (χ4v) is 2.82. The maximum absolute atomic E-state index is 12.6. The van der Waals surface area contributed by atoms with E-state index >= 15 is 0 Å². The van der Waals surface area contributed by atoms with E-state index in [-0.39, 0.29) is 11.6 Å². The van der Waals surface area contributed by atoms with Gasteiger partial charge in [0.25, 0.3) is 5.91 Å². The van der Waals surface area contributed by atoms with Crippen molar-refractivity contribution in [2.45, 2.75) is 0 Å². The summed E-state index contributed by atoms with van der Waals surface area (Å²) < 4.78 is 15.8. The van der Waals surface area contributed by atoms with Gasteiger partial charge >= 0.3 is 0 Å². The van der Waals surface area contributed by atoms with E-state index in [1.165, 1.54) is 0 Å². The van der Waals surface area contributed by atoms with Crippen LogP contribution in [-0.4, -0.2) is 74.4 Å². The Morgan fingerprint density at radius 1 is 1.21 bits per heavy atom. The molecule has 0 bridgehead atoms. The summed E-state index contributed by atoms with van der Waals surface area (Å²) in [6.07, 6.45) is 1.56. The van der Waals surface area contributed by atoms with Crippen LogP contribution in [0.4, 0.5) is 11.6 Å². The van der Waals surface area contributed by atoms with Crippen LogP contribution in [0.3, 0.4) is 0 Å². The first kappa shape index (κ1) is 19.8. The highest BCUT2D eigenvalue weighted by molar-refractivity contribution is 6.03. The van der Waals surface area contributed by atoms with Crippen molar-refractivity contribution in [1.82, 2.24) is 14.9 Å². The normalized spacial score (nSPS) is 14.4. The summed E-state index contributed by atoms with van der Waals surface area (Å²) in [5.74, 6) is 1.21. The number of hydrogen-bond donors (Lipinski definition) is 2. The van der Waals surface area contributed by atoms with Gasteiger partial charge in [-0.15, -0.1) is 0 Å². The Bertz CT molecular complexity index is 796. The quantitative estimate of drug-likeness (QED) is 0.703. The standard InChI is InChI=1S/C19H25N5O4/c1-26-14-3-4-17(27-2)16(13-14)22-18(25)15-5-6-20-19(23-15)21-7-8-24-9-11-28-12-10-24/h3-6,13H,7-12H2,1-2H3,(H,22,25)(H,20,21,23). The Hall–Kier alpha value is -2.91. The van der Waals surface area contributed by atoms with Crippen molar-refractivity contribution in [2.24, 2.45) is 0 Å². The van der Waals surface area contributed by atoms with Crippen LogP contribution in [0.5, 0.6) is 11.5 Å². The largest absolute Gasteiger partial charge is 0.497 e. The van der Waals surface area contributed by atoms with Crippen molar-refractivity contribution in [3.63, 3.8) is 0 Å². The predicted octanol–water partition coefficient (Wildman–Crippen LogP) is 1.49. The SMILES string of the molecule is COc1ccc(OC)c(NC(=O)c2ccnc(NCCN3CCOCC3)n2)c1. The molecule has 1 amide bonds. The van der Waals surface area contributed by atoms with Crippen LogP contribution in [0.1, 0.15) is 10.5 Å². The van der Waals surface area contributed by atoms with E-state index in [2.05, 4.69) is 25.5 Å². The van der Waals surface area contributed by atoms with E-state index in [9.17, 15) is 4.79 Å². The highest BCUT2D eigenvalue weighted by atomic mass is 16.5. The third-order valence-corrected chi connectivity index (χ3v) is 4.36. The van der Waals surface area contributed by atoms with Crippen LogP contribution in [-0.2, 0) is 4.74 Å². The molecule has 0 aliphatic carbocycles. The molecule has 1 aliphatic rings. The topological polar surface area (TPSA) is 97.8 Å². The molecule has 150 valence electrons. The summed E-state index contributed by atoms with van der Waals surface area (Å²) in [5, 5.41) is 5.97. The first-order valence-corrected chi connectivity index (χ1v) is 9.10. The Balaban J connectivity index is 1.60. The Morgan fingerprint density at radius 2 is 2.04 bits per heavy atom. The van der Waals surface area contributed by atoms with E-state index in [0.29, 0.717) is 29.7 Å². The van der Waals surface area contributed by atoms with Crippen LogP contribution < -0.4 is 20.1 Å². The van der Waals surface area contributed by atoms with Gasteiger partial charge in [0.1, 0.15) is 17.2 Å². The van der Waals surface area contributed by atoms with Crippen LogP contribution in [0.15, 0.2) is 30.5 Å². The highest BCUT2D eigenvalue weighted by Gasteiger charge is 2.14. The van der Waals surface area contributed by atoms with Gasteiger partial charge in [-0.25, -0.2) is 9.97 Å². The molecule has 9 nitrogen and oxygen atoms in total. The summed E-state index contributed by atoms with van der Waals surface area (Å²) in [7, 11) is 3.10. The number of rotatable bonds is 8. The lowest BCUT2D eigenvalue weighted by molar-refractivity contribution is 0.0398. The van der Waals surface area contributed by atoms with Gasteiger partial charge in [0, 0.05) is 38.4 Å². The summed E-state index contributed by atoms with van der Waals surface area (Å²) in [6, 6.07) is 6.75. The molecule has 2 aromatic rings. The monoisotopic (exact) mass is 387 g/mol. The van der Waals surface area contributed by atoms with Gasteiger partial charge in [-0.05, 0) is 18.2 Å². The van der Waals surface area contributed by atoms with E-state index < -0.39 is 0 Å². The molecule has 28 heavy (non-hydrogen) atoms. The fraction of sp³-hybridized carbons (Fsp3) is 0.421. The molecule has 3 rings (SSSR count). The number of carbonyl (C=O) groups excluding carboxylic acids is 1. The zero-order valence-corrected chi connectivity index (χ0v) is 16.1. The van der Waals surface area contributed by atoms with Crippen LogP contribution in [0, 0.1) is 0 Å². The van der Waals surface area contributed by atoms with Gasteiger partial charge in [-0.1, -0.05) is 0 Å². The van der Waals surface area contributed by atoms with Gasteiger partial charge < -0.3 is 24.8 Å². The second-order valence-electron chi connectivity index (χ2n) is 6.17. The Labute approximate surface area is 164 Å². The molecule has 0 atom stereocenters. The molecule has 0 spiro atoms. The summed E-state index contributed by atoms with van der Waals surface area (Å²) in [5.41, 5.74) is 0.765. The number of anilines is 2. The molecule has 1 aliphatic heterocycles. The van der Waals surface area contributed by atoms with Gasteiger partial charge in [-0.2, -0.15) is 0 Å². The smallest absolute Gasteiger partial charge is 0.274 e. The minimum atomic E-state index is -0.356. The lowest BCUT2D eigenvalue weighted by Crippen LogP contribution is -2.39. The second-order valence-corrected chi connectivity index (χ2v) is 6.17. The average molecular weight is 387 g/mol. The number of carbonyl (C=O) groups is 1. The molecule has 1 aromatic heterocycles. The summed E-state index contributed by atoms with van der Waals surface area (Å²) >= 11 is 0. The van der Waals surface area contributed by atoms with E-state index in [0.717, 1.165) is 32.8 Å². The number of nitrogens with one attached hydrogen (secondary N) is 2. The van der Waals surface area contributed by atoms with Crippen molar-refractivity contribution in [1.29, 1.82) is 0 Å². The molecular weight excluding hydrogens is 362 g/mol. The van der Waals surface area contributed by atoms with Crippen LogP contribution >= 0.6 is 0 Å². The summed E-state index contributed by atoms with van der Waals surface area (Å²) in [6.45, 7) is 4.93. The first-order chi connectivity index (χ1) is 13.7. The number of ether oxygens (including phenoxy) is 3. The van der Waals surface area contributed by atoms with Crippen molar-refractivity contribution < 1.29 is 19.0 Å². The minimum absolute atomic E-state index is 0.258. The van der Waals surface area contributed by atoms with Gasteiger partial charge in [0.05, 0.1) is 33.1 Å². The maximum Gasteiger partial charge on any atom is 0.274 e. The van der Waals surface area contributed by atoms with Crippen molar-refractivity contribution in [3.8, 4) is 11.5 Å². The van der Waals surface area contributed by atoms with Gasteiger partial charge in [0.2, 0.25) is 5.95 Å². The van der Waals surface area contributed by atoms with Crippen LogP contribution in [0.2, 0.25) is 0 Å². The third-order valence-electron chi connectivity index (χ3n) is 4.36. The average Bonchev–Trinajstić information content (AvgIpc) is 2.74. The molecule has 1 saturated heterocycles. The lowest BCUT2D eigenvalue weighted by Gasteiger charge is -2.26. The summed E-state index contributed by atoms with van der Waals surface area (Å²) in [4.78, 5) is 23.4. The lowest BCUT2D eigenvalue weighted by atomic mass is 10.2. The molecular formula is C19H25N5O4. The molecule has 2 N–H and O–H groups in total. The minimum Gasteiger partial charge on any atom is -0.497 e. The van der Waals surface area contributed by atoms with Crippen molar-refractivity contribution >= 4 is 17.5 Å². The molecule has 9 heteroatoms. The Morgan fingerprint density at radius 3 is 2.79 bits per heavy atom. The van der Waals surface area contributed by atoms with Gasteiger partial charge in [0.15, 0.2) is 0 Å². The van der Waals surface area contributed by atoms with E-state index in [1.54, 1.807) is 44.7 Å². The number of methoxy groups -OCH3 is 2. The molecule has 1 aromatic carbocycles. The molecule has 1 fully saturated rings. The molecule has 0 radical (unpaired) electrons. The van der Waals surface area contributed by atoms with Crippen LogP contribution in [0.25, 0.3) is 0 Å².